The third-order valence-corrected chi connectivity index (χ3v) is 4.11. The Morgan fingerprint density at radius 2 is 2.25 bits per heavy atom. The van der Waals surface area contributed by atoms with Gasteiger partial charge >= 0.3 is 0 Å². The van der Waals surface area contributed by atoms with Gasteiger partial charge in [-0.3, -0.25) is 4.90 Å². The summed E-state index contributed by atoms with van der Waals surface area (Å²) in [5.41, 5.74) is 1.28. The van der Waals surface area contributed by atoms with Crippen LogP contribution < -0.4 is 0 Å². The highest BCUT2D eigenvalue weighted by Gasteiger charge is 2.26. The van der Waals surface area contributed by atoms with E-state index in [1.165, 1.54) is 5.56 Å². The quantitative estimate of drug-likeness (QED) is 0.861. The lowest BCUT2D eigenvalue weighted by atomic mass is 10.2. The van der Waals surface area contributed by atoms with Crippen molar-refractivity contribution in [2.45, 2.75) is 19.6 Å². The molecule has 0 radical (unpaired) electrons. The number of halogens is 1. The Kier molecular flexibility index (Phi) is 4.14. The van der Waals surface area contributed by atoms with E-state index in [-0.39, 0.29) is 6.10 Å². The van der Waals surface area contributed by atoms with Crippen molar-refractivity contribution >= 4 is 15.9 Å². The molecular formula is C14H16BrN3O2. The molecule has 0 saturated carbocycles. The maximum absolute atomic E-state index is 5.74. The van der Waals surface area contributed by atoms with Crippen molar-refractivity contribution in [3.05, 3.63) is 46.0 Å². The molecule has 1 aliphatic heterocycles. The fourth-order valence-corrected chi connectivity index (χ4v) is 2.73. The highest BCUT2D eigenvalue weighted by molar-refractivity contribution is 9.10. The van der Waals surface area contributed by atoms with Gasteiger partial charge in [-0.05, 0) is 11.6 Å². The van der Waals surface area contributed by atoms with E-state index in [2.05, 4.69) is 49.2 Å². The van der Waals surface area contributed by atoms with Crippen molar-refractivity contribution in [2.75, 3.05) is 19.7 Å². The van der Waals surface area contributed by atoms with E-state index in [1.54, 1.807) is 6.92 Å². The summed E-state index contributed by atoms with van der Waals surface area (Å²) in [6, 6.07) is 8.28. The third-order valence-electron chi connectivity index (χ3n) is 3.33. The fraction of sp³-hybridized carbons (Fsp3) is 0.429. The van der Waals surface area contributed by atoms with E-state index in [0.717, 1.165) is 24.1 Å². The molecule has 1 atom stereocenters. The molecule has 2 aromatic rings. The molecule has 106 valence electrons. The van der Waals surface area contributed by atoms with E-state index < -0.39 is 0 Å². The Morgan fingerprint density at radius 1 is 1.40 bits per heavy atom. The van der Waals surface area contributed by atoms with E-state index in [1.807, 2.05) is 6.07 Å². The van der Waals surface area contributed by atoms with Gasteiger partial charge in [-0.25, -0.2) is 0 Å². The van der Waals surface area contributed by atoms with Gasteiger partial charge in [-0.15, -0.1) is 0 Å². The standard InChI is InChI=1S/C14H16BrN3O2/c1-10-16-14(17-20-10)13-9-18(6-7-19-13)8-11-4-2-3-5-12(11)15/h2-5,13H,6-9H2,1H3. The van der Waals surface area contributed by atoms with Gasteiger partial charge in [-0.1, -0.05) is 39.3 Å². The molecule has 1 fully saturated rings. The summed E-state index contributed by atoms with van der Waals surface area (Å²) in [5, 5.41) is 3.95. The molecule has 1 aromatic heterocycles. The number of benzene rings is 1. The number of ether oxygens (including phenoxy) is 1. The summed E-state index contributed by atoms with van der Waals surface area (Å²) in [6.07, 6.45) is -0.108. The van der Waals surface area contributed by atoms with E-state index in [0.29, 0.717) is 18.3 Å². The minimum absolute atomic E-state index is 0.108. The summed E-state index contributed by atoms with van der Waals surface area (Å²) < 4.78 is 11.9. The van der Waals surface area contributed by atoms with Gasteiger partial charge < -0.3 is 9.26 Å². The predicted molar refractivity (Wildman–Crippen MR) is 77.1 cm³/mol. The third kappa shape index (κ3) is 3.08. The molecule has 0 aliphatic carbocycles. The van der Waals surface area contributed by atoms with Crippen molar-refractivity contribution in [1.82, 2.24) is 15.0 Å². The molecule has 5 nitrogen and oxygen atoms in total. The van der Waals surface area contributed by atoms with Crippen LogP contribution in [0.5, 0.6) is 0 Å². The smallest absolute Gasteiger partial charge is 0.223 e. The summed E-state index contributed by atoms with van der Waals surface area (Å²) in [4.78, 5) is 6.60. The molecule has 0 spiro atoms. The predicted octanol–water partition coefficient (Wildman–Crippen LogP) is 2.71. The zero-order valence-electron chi connectivity index (χ0n) is 11.3. The molecule has 0 bridgehead atoms. The topological polar surface area (TPSA) is 51.4 Å². The second-order valence-corrected chi connectivity index (χ2v) is 5.71. The first-order chi connectivity index (χ1) is 9.72. The van der Waals surface area contributed by atoms with Crippen LogP contribution in [0.25, 0.3) is 0 Å². The second-order valence-electron chi connectivity index (χ2n) is 4.86. The van der Waals surface area contributed by atoms with Crippen LogP contribution in [0.3, 0.4) is 0 Å². The van der Waals surface area contributed by atoms with E-state index in [9.17, 15) is 0 Å². The minimum Gasteiger partial charge on any atom is -0.367 e. The van der Waals surface area contributed by atoms with Crippen molar-refractivity contribution in [3.8, 4) is 0 Å². The van der Waals surface area contributed by atoms with Crippen molar-refractivity contribution in [2.24, 2.45) is 0 Å². The molecule has 1 unspecified atom stereocenters. The molecular weight excluding hydrogens is 322 g/mol. The molecule has 3 rings (SSSR count). The van der Waals surface area contributed by atoms with Crippen molar-refractivity contribution in [1.29, 1.82) is 0 Å². The normalized spacial score (nSPS) is 20.2. The van der Waals surface area contributed by atoms with Crippen LogP contribution in [0.1, 0.15) is 23.4 Å². The van der Waals surface area contributed by atoms with Crippen molar-refractivity contribution < 1.29 is 9.26 Å². The van der Waals surface area contributed by atoms with Crippen LogP contribution in [0.4, 0.5) is 0 Å². The summed E-state index contributed by atoms with van der Waals surface area (Å²) in [6.45, 7) is 5.05. The molecule has 1 aliphatic rings. The highest BCUT2D eigenvalue weighted by Crippen LogP contribution is 2.23. The van der Waals surface area contributed by atoms with Crippen LogP contribution >= 0.6 is 15.9 Å². The minimum atomic E-state index is -0.108. The maximum Gasteiger partial charge on any atom is 0.223 e. The van der Waals surface area contributed by atoms with Gasteiger partial charge in [0.2, 0.25) is 11.7 Å². The number of hydrogen-bond donors (Lipinski definition) is 0. The van der Waals surface area contributed by atoms with E-state index in [4.69, 9.17) is 9.26 Å². The molecule has 1 aromatic carbocycles. The number of hydrogen-bond acceptors (Lipinski definition) is 5. The van der Waals surface area contributed by atoms with Crippen LogP contribution in [0.15, 0.2) is 33.3 Å². The van der Waals surface area contributed by atoms with Crippen LogP contribution in [0, 0.1) is 6.92 Å². The van der Waals surface area contributed by atoms with Gasteiger partial charge in [-0.2, -0.15) is 4.98 Å². The zero-order chi connectivity index (χ0) is 13.9. The molecule has 0 N–H and O–H groups in total. The summed E-state index contributed by atoms with van der Waals surface area (Å²) >= 11 is 3.59. The average Bonchev–Trinajstić information content (AvgIpc) is 2.89. The molecule has 1 saturated heterocycles. The molecule has 20 heavy (non-hydrogen) atoms. The van der Waals surface area contributed by atoms with Gasteiger partial charge in [0.25, 0.3) is 0 Å². The first-order valence-electron chi connectivity index (χ1n) is 6.60. The SMILES string of the molecule is Cc1nc(C2CN(Cc3ccccc3Br)CCO2)no1. The maximum atomic E-state index is 5.74. The number of aryl methyl sites for hydroxylation is 1. The number of morpholine rings is 1. The lowest BCUT2D eigenvalue weighted by Gasteiger charge is -2.31. The van der Waals surface area contributed by atoms with Crippen LogP contribution in [-0.2, 0) is 11.3 Å². The van der Waals surface area contributed by atoms with Gasteiger partial charge in [0.1, 0.15) is 6.10 Å². The van der Waals surface area contributed by atoms with Crippen molar-refractivity contribution in [3.63, 3.8) is 0 Å². The Morgan fingerprint density at radius 3 is 3.00 bits per heavy atom. The van der Waals surface area contributed by atoms with E-state index >= 15 is 0 Å². The van der Waals surface area contributed by atoms with Crippen LogP contribution in [-0.4, -0.2) is 34.7 Å². The molecule has 6 heteroatoms. The monoisotopic (exact) mass is 337 g/mol. The number of aromatic nitrogens is 2. The second kappa shape index (κ2) is 6.03. The largest absolute Gasteiger partial charge is 0.367 e. The molecule has 2 heterocycles. The summed E-state index contributed by atoms with van der Waals surface area (Å²) in [5.74, 6) is 1.21. The number of nitrogens with zero attached hydrogens (tertiary/aromatic N) is 3. The Hall–Kier alpha value is -1.24. The molecule has 0 amide bonds. The lowest BCUT2D eigenvalue weighted by molar-refractivity contribution is -0.0381. The Labute approximate surface area is 126 Å². The van der Waals surface area contributed by atoms with Crippen LogP contribution in [0.2, 0.25) is 0 Å². The van der Waals surface area contributed by atoms with Gasteiger partial charge in [0, 0.05) is 31.0 Å². The first kappa shape index (κ1) is 13.7. The first-order valence-corrected chi connectivity index (χ1v) is 7.39. The summed E-state index contributed by atoms with van der Waals surface area (Å²) in [7, 11) is 0. The van der Waals surface area contributed by atoms with Gasteiger partial charge in [0.15, 0.2) is 0 Å². The Balaban J connectivity index is 1.68. The zero-order valence-corrected chi connectivity index (χ0v) is 12.8. The average molecular weight is 338 g/mol. The Bertz CT molecular complexity index is 587. The lowest BCUT2D eigenvalue weighted by Crippen LogP contribution is -2.38. The fourth-order valence-electron chi connectivity index (χ4n) is 2.32. The highest BCUT2D eigenvalue weighted by atomic mass is 79.9. The number of rotatable bonds is 3. The van der Waals surface area contributed by atoms with Gasteiger partial charge in [0.05, 0.1) is 6.61 Å².